The van der Waals surface area contributed by atoms with Crippen molar-refractivity contribution in [1.82, 2.24) is 20.2 Å². The number of aryl methyl sites for hydroxylation is 2. The van der Waals surface area contributed by atoms with Crippen LogP contribution in [0.4, 0.5) is 45.5 Å². The highest BCUT2D eigenvalue weighted by Gasteiger charge is 2.42. The first-order valence-electron chi connectivity index (χ1n) is 13.9. The molecule has 6 nitrogen and oxygen atoms in total. The van der Waals surface area contributed by atoms with Crippen LogP contribution in [0.3, 0.4) is 0 Å². The van der Waals surface area contributed by atoms with E-state index in [4.69, 9.17) is 4.74 Å². The van der Waals surface area contributed by atoms with Gasteiger partial charge >= 0.3 is 18.5 Å². The molecule has 3 aromatic rings. The third kappa shape index (κ3) is 7.29. The zero-order valence-corrected chi connectivity index (χ0v) is 24.5. The third-order valence-corrected chi connectivity index (χ3v) is 8.26. The van der Waals surface area contributed by atoms with Gasteiger partial charge in [-0.3, -0.25) is 0 Å². The van der Waals surface area contributed by atoms with Gasteiger partial charge < -0.3 is 9.64 Å². The first kappa shape index (κ1) is 33.5. The molecule has 242 valence electrons. The Kier molecular flexibility index (Phi) is 9.30. The number of ether oxygens (including phenoxy) is 1. The van der Waals surface area contributed by atoms with E-state index in [1.54, 1.807) is 6.92 Å². The van der Waals surface area contributed by atoms with E-state index in [2.05, 4.69) is 15.4 Å². The fourth-order valence-corrected chi connectivity index (χ4v) is 5.94. The minimum Gasteiger partial charge on any atom is -0.374 e. The molecule has 0 aliphatic heterocycles. The van der Waals surface area contributed by atoms with Crippen LogP contribution in [-0.4, -0.2) is 27.3 Å². The minimum absolute atomic E-state index is 0.0102. The van der Waals surface area contributed by atoms with Crippen molar-refractivity contribution >= 4 is 5.95 Å². The summed E-state index contributed by atoms with van der Waals surface area (Å²) in [5.74, 6) is -0.243. The first-order valence-corrected chi connectivity index (χ1v) is 13.9. The second kappa shape index (κ2) is 12.2. The molecule has 0 bridgehead atoms. The lowest BCUT2D eigenvalue weighted by atomic mass is 9.72. The molecule has 1 unspecified atom stereocenters. The number of halogens is 9. The van der Waals surface area contributed by atoms with Gasteiger partial charge in [-0.05, 0) is 84.3 Å². The summed E-state index contributed by atoms with van der Waals surface area (Å²) in [5.41, 5.74) is -4.89. The molecule has 15 heteroatoms. The Hall–Kier alpha value is -3.36. The number of aromatic nitrogens is 4. The van der Waals surface area contributed by atoms with Gasteiger partial charge in [0.15, 0.2) is 0 Å². The van der Waals surface area contributed by atoms with Gasteiger partial charge in [0.25, 0.3) is 5.95 Å². The molecule has 0 N–H and O–H groups in total. The summed E-state index contributed by atoms with van der Waals surface area (Å²) >= 11 is 0. The second-order valence-electron chi connectivity index (χ2n) is 11.3. The summed E-state index contributed by atoms with van der Waals surface area (Å²) in [6.07, 6.45) is -10.5. The Morgan fingerprint density at radius 1 is 0.818 bits per heavy atom. The van der Waals surface area contributed by atoms with Gasteiger partial charge in [-0.25, -0.2) is 0 Å². The summed E-state index contributed by atoms with van der Waals surface area (Å²) in [6.45, 7) is 2.13. The van der Waals surface area contributed by atoms with Gasteiger partial charge in [0.2, 0.25) is 0 Å². The van der Waals surface area contributed by atoms with Crippen molar-refractivity contribution in [3.05, 3.63) is 69.3 Å². The number of alkyl halides is 9. The van der Waals surface area contributed by atoms with Gasteiger partial charge in [-0.2, -0.15) is 44.3 Å². The highest BCUT2D eigenvalue weighted by atomic mass is 19.4. The van der Waals surface area contributed by atoms with Crippen LogP contribution in [0, 0.1) is 12.8 Å². The molecule has 0 saturated heterocycles. The number of tetrazole rings is 1. The molecular formula is C29H32F9N5O. The quantitative estimate of drug-likeness (QED) is 0.233. The van der Waals surface area contributed by atoms with Crippen molar-refractivity contribution in [3.8, 4) is 0 Å². The molecule has 1 aliphatic carbocycles. The van der Waals surface area contributed by atoms with Crippen LogP contribution in [0.15, 0.2) is 30.3 Å². The standard InChI is InChI=1S/C29H32F9N5O/c1-17-10-24(26(2,44-4)20-8-6-5-7-9-20)19(13-23(17)29(36,37)38)16-43(25-39-41-42(3)40-25)15-18-11-21(27(30,31)32)14-22(12-18)28(33,34)35/h10-14,20H,5-9,15-16H2,1-4H3. The van der Waals surface area contributed by atoms with Crippen LogP contribution in [-0.2, 0) is 49.0 Å². The van der Waals surface area contributed by atoms with Crippen LogP contribution >= 0.6 is 0 Å². The number of methoxy groups -OCH3 is 1. The fraction of sp³-hybridized carbons (Fsp3) is 0.552. The molecule has 1 heterocycles. The summed E-state index contributed by atoms with van der Waals surface area (Å²) in [7, 11) is 2.86. The van der Waals surface area contributed by atoms with Gasteiger partial charge in [0.05, 0.1) is 29.3 Å². The zero-order valence-electron chi connectivity index (χ0n) is 24.5. The van der Waals surface area contributed by atoms with Crippen LogP contribution in [0.25, 0.3) is 0 Å². The van der Waals surface area contributed by atoms with Gasteiger partial charge in [0, 0.05) is 20.2 Å². The van der Waals surface area contributed by atoms with Crippen molar-refractivity contribution in [2.45, 2.75) is 83.2 Å². The van der Waals surface area contributed by atoms with E-state index in [0.717, 1.165) is 43.0 Å². The third-order valence-electron chi connectivity index (χ3n) is 8.26. The Morgan fingerprint density at radius 3 is 1.89 bits per heavy atom. The predicted molar refractivity (Wildman–Crippen MR) is 142 cm³/mol. The Labute approximate surface area is 248 Å². The molecule has 4 rings (SSSR count). The van der Waals surface area contributed by atoms with E-state index in [9.17, 15) is 39.5 Å². The van der Waals surface area contributed by atoms with Gasteiger partial charge in [0.1, 0.15) is 0 Å². The molecule has 0 amide bonds. The van der Waals surface area contributed by atoms with E-state index in [0.29, 0.717) is 17.7 Å². The fourth-order valence-electron chi connectivity index (χ4n) is 5.94. The molecule has 1 saturated carbocycles. The normalized spacial score (nSPS) is 16.7. The molecular weight excluding hydrogens is 605 g/mol. The molecule has 0 radical (unpaired) electrons. The lowest BCUT2D eigenvalue weighted by molar-refractivity contribution is -0.143. The number of benzene rings is 2. The first-order chi connectivity index (χ1) is 20.3. The van der Waals surface area contributed by atoms with Gasteiger partial charge in [-0.1, -0.05) is 30.4 Å². The second-order valence-corrected chi connectivity index (χ2v) is 11.3. The highest BCUT2D eigenvalue weighted by Crippen LogP contribution is 2.45. The van der Waals surface area contributed by atoms with Crippen LogP contribution in [0.5, 0.6) is 0 Å². The minimum atomic E-state index is -5.09. The Bertz CT molecular complexity index is 1430. The van der Waals surface area contributed by atoms with Crippen LogP contribution in [0.2, 0.25) is 0 Å². The number of hydrogen-bond donors (Lipinski definition) is 0. The molecule has 44 heavy (non-hydrogen) atoms. The highest BCUT2D eigenvalue weighted by molar-refractivity contribution is 5.46. The SMILES string of the molecule is COC(C)(c1cc(C)c(C(F)(F)F)cc1CN(Cc1cc(C(F)(F)F)cc(C(F)(F)F)c1)c1nnn(C)n1)C1CCCCC1. The molecule has 2 aromatic carbocycles. The van der Waals surface area contributed by atoms with E-state index in [-0.39, 0.29) is 29.1 Å². The molecule has 1 fully saturated rings. The smallest absolute Gasteiger partial charge is 0.374 e. The van der Waals surface area contributed by atoms with Crippen molar-refractivity contribution in [1.29, 1.82) is 0 Å². The molecule has 1 atom stereocenters. The monoisotopic (exact) mass is 637 g/mol. The zero-order chi connectivity index (χ0) is 32.7. The Balaban J connectivity index is 1.88. The molecule has 1 aromatic heterocycles. The lowest BCUT2D eigenvalue weighted by Crippen LogP contribution is -2.37. The van der Waals surface area contributed by atoms with Crippen molar-refractivity contribution in [2.75, 3.05) is 12.0 Å². The van der Waals surface area contributed by atoms with Crippen LogP contribution < -0.4 is 4.90 Å². The van der Waals surface area contributed by atoms with Gasteiger partial charge in [-0.15, -0.1) is 5.10 Å². The maximum absolute atomic E-state index is 14.1. The summed E-state index contributed by atoms with van der Waals surface area (Å²) in [5, 5.41) is 11.6. The number of hydrogen-bond acceptors (Lipinski definition) is 5. The topological polar surface area (TPSA) is 56.1 Å². The van der Waals surface area contributed by atoms with Crippen LogP contribution in [0.1, 0.15) is 78.0 Å². The summed E-state index contributed by atoms with van der Waals surface area (Å²) in [4.78, 5) is 2.22. The Morgan fingerprint density at radius 2 is 1.41 bits per heavy atom. The van der Waals surface area contributed by atoms with Crippen molar-refractivity contribution < 1.29 is 44.3 Å². The maximum atomic E-state index is 14.1. The summed E-state index contributed by atoms with van der Waals surface area (Å²) < 4.78 is 130. The molecule has 1 aliphatic rings. The summed E-state index contributed by atoms with van der Waals surface area (Å²) in [6, 6.07) is 3.51. The lowest BCUT2D eigenvalue weighted by Gasteiger charge is -2.41. The number of nitrogens with zero attached hydrogens (tertiary/aromatic N) is 5. The predicted octanol–water partition coefficient (Wildman–Crippen LogP) is 8.22. The maximum Gasteiger partial charge on any atom is 0.416 e. The van der Waals surface area contributed by atoms with E-state index < -0.39 is 59.5 Å². The van der Waals surface area contributed by atoms with Crippen molar-refractivity contribution in [3.63, 3.8) is 0 Å². The van der Waals surface area contributed by atoms with E-state index >= 15 is 0 Å². The largest absolute Gasteiger partial charge is 0.416 e. The average Bonchev–Trinajstić information content (AvgIpc) is 3.37. The average molecular weight is 638 g/mol. The van der Waals surface area contributed by atoms with E-state index in [1.165, 1.54) is 32.0 Å². The van der Waals surface area contributed by atoms with Crippen molar-refractivity contribution in [2.24, 2.45) is 13.0 Å². The van der Waals surface area contributed by atoms with E-state index in [1.807, 2.05) is 0 Å². The number of anilines is 1. The number of rotatable bonds is 8. The molecule has 0 spiro atoms.